The molecular formula is C30H29NO2. The highest BCUT2D eigenvalue weighted by Crippen LogP contribution is 2.43. The number of hydrogen-bond acceptors (Lipinski definition) is 2. The summed E-state index contributed by atoms with van der Waals surface area (Å²) < 4.78 is 0. The SMILES string of the molecule is CCN(C(Cc1ccccc1)C(=O)O)C(c1ccccc1)(c1ccccc1)c1ccccc1. The maximum Gasteiger partial charge on any atom is 0.321 e. The van der Waals surface area contributed by atoms with E-state index in [1.54, 1.807) is 0 Å². The fourth-order valence-corrected chi connectivity index (χ4v) is 4.90. The van der Waals surface area contributed by atoms with Gasteiger partial charge in [-0.25, -0.2) is 0 Å². The summed E-state index contributed by atoms with van der Waals surface area (Å²) in [5.74, 6) is -0.826. The van der Waals surface area contributed by atoms with Crippen molar-refractivity contribution in [2.45, 2.75) is 24.9 Å². The van der Waals surface area contributed by atoms with Gasteiger partial charge in [-0.3, -0.25) is 9.69 Å². The molecule has 3 nitrogen and oxygen atoms in total. The van der Waals surface area contributed by atoms with Gasteiger partial charge in [-0.1, -0.05) is 128 Å². The number of hydrogen-bond donors (Lipinski definition) is 1. The van der Waals surface area contributed by atoms with E-state index in [2.05, 4.69) is 41.3 Å². The Morgan fingerprint density at radius 3 is 1.39 bits per heavy atom. The first kappa shape index (κ1) is 22.5. The molecule has 0 aliphatic heterocycles. The standard InChI is InChI=1S/C30H29NO2/c1-2-31(28(29(32)33)23-24-15-7-3-8-16-24)30(25-17-9-4-10-18-25,26-19-11-5-12-20-26)27-21-13-6-14-22-27/h3-22,28H,2,23H2,1H3,(H,32,33). The third kappa shape index (κ3) is 4.46. The summed E-state index contributed by atoms with van der Waals surface area (Å²) in [6, 6.07) is 39.9. The smallest absolute Gasteiger partial charge is 0.321 e. The first-order chi connectivity index (χ1) is 16.2. The molecule has 1 N–H and O–H groups in total. The molecule has 0 aromatic heterocycles. The molecule has 0 aliphatic rings. The maximum absolute atomic E-state index is 12.8. The summed E-state index contributed by atoms with van der Waals surface area (Å²) in [5.41, 5.74) is 3.37. The van der Waals surface area contributed by atoms with Crippen LogP contribution in [0.25, 0.3) is 0 Å². The lowest BCUT2D eigenvalue weighted by molar-refractivity contribution is -0.145. The minimum absolute atomic E-state index is 0.415. The number of carbonyl (C=O) groups is 1. The van der Waals surface area contributed by atoms with Crippen LogP contribution in [0.2, 0.25) is 0 Å². The monoisotopic (exact) mass is 435 g/mol. The van der Waals surface area contributed by atoms with E-state index in [0.717, 1.165) is 22.3 Å². The van der Waals surface area contributed by atoms with Gasteiger partial charge in [-0.05, 0) is 35.2 Å². The molecule has 0 spiro atoms. The van der Waals surface area contributed by atoms with Gasteiger partial charge in [-0.15, -0.1) is 0 Å². The fraction of sp³-hybridized carbons (Fsp3) is 0.167. The molecule has 0 aliphatic carbocycles. The van der Waals surface area contributed by atoms with Crippen molar-refractivity contribution in [2.75, 3.05) is 6.54 Å². The van der Waals surface area contributed by atoms with E-state index < -0.39 is 17.6 Å². The van der Waals surface area contributed by atoms with Gasteiger partial charge in [0.25, 0.3) is 0 Å². The van der Waals surface area contributed by atoms with Crippen LogP contribution in [0.15, 0.2) is 121 Å². The summed E-state index contributed by atoms with van der Waals surface area (Å²) in [7, 11) is 0. The number of carboxylic acid groups (broad SMARTS) is 1. The average Bonchev–Trinajstić information content (AvgIpc) is 2.88. The quantitative estimate of drug-likeness (QED) is 0.328. The third-order valence-corrected chi connectivity index (χ3v) is 6.28. The number of aliphatic carboxylic acids is 1. The van der Waals surface area contributed by atoms with Crippen molar-refractivity contribution in [2.24, 2.45) is 0 Å². The van der Waals surface area contributed by atoms with Crippen LogP contribution in [0.5, 0.6) is 0 Å². The average molecular weight is 436 g/mol. The summed E-state index contributed by atoms with van der Waals surface area (Å²) in [6.07, 6.45) is 0.415. The fourth-order valence-electron chi connectivity index (χ4n) is 4.90. The normalized spacial score (nSPS) is 12.4. The van der Waals surface area contributed by atoms with Crippen molar-refractivity contribution in [3.8, 4) is 0 Å². The Morgan fingerprint density at radius 2 is 1.06 bits per heavy atom. The molecule has 0 amide bonds. The lowest BCUT2D eigenvalue weighted by Gasteiger charge is -2.48. The molecule has 1 atom stereocenters. The molecule has 3 heteroatoms. The van der Waals surface area contributed by atoms with E-state index in [1.807, 2.05) is 91.9 Å². The minimum atomic E-state index is -0.826. The van der Waals surface area contributed by atoms with Gasteiger partial charge >= 0.3 is 5.97 Å². The Morgan fingerprint density at radius 1 is 0.697 bits per heavy atom. The van der Waals surface area contributed by atoms with Gasteiger partial charge in [0.05, 0.1) is 5.54 Å². The molecule has 0 fully saturated rings. The lowest BCUT2D eigenvalue weighted by Crippen LogP contribution is -2.56. The van der Waals surface area contributed by atoms with Crippen LogP contribution < -0.4 is 0 Å². The van der Waals surface area contributed by atoms with Crippen molar-refractivity contribution in [1.29, 1.82) is 0 Å². The van der Waals surface area contributed by atoms with E-state index in [4.69, 9.17) is 0 Å². The Labute approximate surface area is 196 Å². The van der Waals surface area contributed by atoms with Crippen molar-refractivity contribution in [1.82, 2.24) is 4.90 Å². The van der Waals surface area contributed by atoms with Crippen LogP contribution in [0.4, 0.5) is 0 Å². The van der Waals surface area contributed by atoms with Crippen LogP contribution in [-0.4, -0.2) is 28.6 Å². The molecule has 0 heterocycles. The van der Waals surface area contributed by atoms with Crippen molar-refractivity contribution in [3.63, 3.8) is 0 Å². The van der Waals surface area contributed by atoms with Gasteiger partial charge in [0.1, 0.15) is 6.04 Å². The van der Waals surface area contributed by atoms with Gasteiger partial charge in [-0.2, -0.15) is 0 Å². The van der Waals surface area contributed by atoms with Gasteiger partial charge in [0, 0.05) is 0 Å². The maximum atomic E-state index is 12.8. The highest BCUT2D eigenvalue weighted by Gasteiger charge is 2.46. The van der Waals surface area contributed by atoms with E-state index in [-0.39, 0.29) is 0 Å². The van der Waals surface area contributed by atoms with Gasteiger partial charge in [0.2, 0.25) is 0 Å². The van der Waals surface area contributed by atoms with Crippen LogP contribution >= 0.6 is 0 Å². The number of carboxylic acids is 1. The van der Waals surface area contributed by atoms with Crippen molar-refractivity contribution < 1.29 is 9.90 Å². The minimum Gasteiger partial charge on any atom is -0.480 e. The molecule has 4 aromatic rings. The Bertz CT molecular complexity index is 1050. The predicted molar refractivity (Wildman–Crippen MR) is 133 cm³/mol. The lowest BCUT2D eigenvalue weighted by atomic mass is 9.74. The molecule has 166 valence electrons. The van der Waals surface area contributed by atoms with E-state index >= 15 is 0 Å². The first-order valence-electron chi connectivity index (χ1n) is 11.4. The molecule has 4 rings (SSSR count). The number of nitrogens with zero attached hydrogens (tertiary/aromatic N) is 1. The number of rotatable bonds is 9. The number of likely N-dealkylation sites (N-methyl/N-ethyl adjacent to an activating group) is 1. The van der Waals surface area contributed by atoms with Gasteiger partial charge < -0.3 is 5.11 Å². The zero-order valence-corrected chi connectivity index (χ0v) is 18.8. The summed E-state index contributed by atoms with van der Waals surface area (Å²) in [5, 5.41) is 10.5. The molecule has 0 radical (unpaired) electrons. The molecule has 0 saturated heterocycles. The molecule has 0 bridgehead atoms. The van der Waals surface area contributed by atoms with Crippen LogP contribution in [0.1, 0.15) is 29.2 Å². The van der Waals surface area contributed by atoms with Crippen LogP contribution in [-0.2, 0) is 16.8 Å². The highest BCUT2D eigenvalue weighted by molar-refractivity contribution is 5.74. The summed E-state index contributed by atoms with van der Waals surface area (Å²) in [6.45, 7) is 2.60. The van der Waals surface area contributed by atoms with Crippen molar-refractivity contribution >= 4 is 5.97 Å². The summed E-state index contributed by atoms with van der Waals surface area (Å²) in [4.78, 5) is 14.9. The summed E-state index contributed by atoms with van der Waals surface area (Å²) >= 11 is 0. The van der Waals surface area contributed by atoms with Crippen LogP contribution in [0.3, 0.4) is 0 Å². The topological polar surface area (TPSA) is 40.5 Å². The zero-order chi connectivity index (χ0) is 23.1. The number of benzene rings is 4. The molecular weight excluding hydrogens is 406 g/mol. The Balaban J connectivity index is 2.00. The second-order valence-corrected chi connectivity index (χ2v) is 8.14. The molecule has 1 unspecified atom stereocenters. The predicted octanol–water partition coefficient (Wildman–Crippen LogP) is 6.00. The van der Waals surface area contributed by atoms with Crippen LogP contribution in [0, 0.1) is 0 Å². The van der Waals surface area contributed by atoms with E-state index in [0.29, 0.717) is 13.0 Å². The largest absolute Gasteiger partial charge is 0.480 e. The van der Waals surface area contributed by atoms with Gasteiger partial charge in [0.15, 0.2) is 0 Å². The molecule has 0 saturated carbocycles. The molecule has 4 aromatic carbocycles. The third-order valence-electron chi connectivity index (χ3n) is 6.28. The Hall–Kier alpha value is -3.69. The van der Waals surface area contributed by atoms with E-state index in [9.17, 15) is 9.90 Å². The first-order valence-corrected chi connectivity index (χ1v) is 11.4. The zero-order valence-electron chi connectivity index (χ0n) is 18.8. The second kappa shape index (κ2) is 10.3. The second-order valence-electron chi connectivity index (χ2n) is 8.14. The highest BCUT2D eigenvalue weighted by atomic mass is 16.4. The van der Waals surface area contributed by atoms with Crippen molar-refractivity contribution in [3.05, 3.63) is 144 Å². The molecule has 33 heavy (non-hydrogen) atoms. The Kier molecular flexibility index (Phi) is 7.01. The van der Waals surface area contributed by atoms with E-state index in [1.165, 1.54) is 0 Å².